The molecule has 2 atom stereocenters. The molecule has 1 aliphatic carbocycles. The van der Waals surface area contributed by atoms with Crippen molar-refractivity contribution in [2.24, 2.45) is 0 Å². The molecular weight excluding hydrogens is 458 g/mol. The van der Waals surface area contributed by atoms with E-state index in [-0.39, 0.29) is 11.4 Å². The number of rotatable bonds is 7. The highest BCUT2D eigenvalue weighted by atomic mass is 19.1. The SMILES string of the molecule is COc1ccnc(C(=O)N[C@@H](C)C(=O)OC2CCC2(c2ccc(F)cc2)c2ccc(F)cc2)c1O. The highest BCUT2D eigenvalue weighted by Crippen LogP contribution is 2.51. The summed E-state index contributed by atoms with van der Waals surface area (Å²) < 4.78 is 38.0. The van der Waals surface area contributed by atoms with Gasteiger partial charge in [0.05, 0.1) is 12.5 Å². The van der Waals surface area contributed by atoms with E-state index in [1.807, 2.05) is 0 Å². The van der Waals surface area contributed by atoms with Crippen LogP contribution in [0.25, 0.3) is 0 Å². The molecule has 2 aromatic carbocycles. The summed E-state index contributed by atoms with van der Waals surface area (Å²) in [5, 5.41) is 12.6. The molecule has 0 radical (unpaired) electrons. The maximum absolute atomic E-state index is 13.6. The summed E-state index contributed by atoms with van der Waals surface area (Å²) >= 11 is 0. The maximum Gasteiger partial charge on any atom is 0.328 e. The molecule has 0 spiro atoms. The van der Waals surface area contributed by atoms with Crippen LogP contribution in [0, 0.1) is 11.6 Å². The van der Waals surface area contributed by atoms with Crippen LogP contribution in [0.3, 0.4) is 0 Å². The number of hydrogen-bond acceptors (Lipinski definition) is 6. The lowest BCUT2D eigenvalue weighted by atomic mass is 9.58. The number of esters is 1. The van der Waals surface area contributed by atoms with Crippen LogP contribution in [0.4, 0.5) is 8.78 Å². The van der Waals surface area contributed by atoms with Crippen molar-refractivity contribution < 1.29 is 33.0 Å². The fraction of sp³-hybridized carbons (Fsp3) is 0.269. The topological polar surface area (TPSA) is 97.8 Å². The van der Waals surface area contributed by atoms with Gasteiger partial charge in [0.2, 0.25) is 0 Å². The second-order valence-electron chi connectivity index (χ2n) is 8.35. The van der Waals surface area contributed by atoms with Crippen LogP contribution in [0.5, 0.6) is 11.5 Å². The van der Waals surface area contributed by atoms with Crippen LogP contribution < -0.4 is 10.1 Å². The van der Waals surface area contributed by atoms with Crippen LogP contribution in [0.1, 0.15) is 41.4 Å². The van der Waals surface area contributed by atoms with Gasteiger partial charge in [-0.05, 0) is 55.2 Å². The first kappa shape index (κ1) is 24.1. The smallest absolute Gasteiger partial charge is 0.328 e. The first-order valence-corrected chi connectivity index (χ1v) is 11.0. The van der Waals surface area contributed by atoms with Crippen LogP contribution >= 0.6 is 0 Å². The summed E-state index contributed by atoms with van der Waals surface area (Å²) in [6.45, 7) is 1.45. The monoisotopic (exact) mass is 482 g/mol. The highest BCUT2D eigenvalue weighted by Gasteiger charge is 2.52. The third-order valence-corrected chi connectivity index (χ3v) is 6.35. The molecule has 182 valence electrons. The second-order valence-corrected chi connectivity index (χ2v) is 8.35. The van der Waals surface area contributed by atoms with Gasteiger partial charge in [-0.1, -0.05) is 24.3 Å². The fourth-order valence-corrected chi connectivity index (χ4v) is 4.37. The molecule has 1 aliphatic rings. The summed E-state index contributed by atoms with van der Waals surface area (Å²) in [6, 6.07) is 12.1. The van der Waals surface area contributed by atoms with Gasteiger partial charge in [0.1, 0.15) is 23.8 Å². The molecular formula is C26H24F2N2O5. The number of aromatic hydroxyl groups is 1. The number of methoxy groups -OCH3 is 1. The predicted molar refractivity (Wildman–Crippen MR) is 122 cm³/mol. The number of hydrogen-bond donors (Lipinski definition) is 2. The molecule has 1 aromatic heterocycles. The number of carbonyl (C=O) groups excluding carboxylic acids is 2. The molecule has 1 saturated carbocycles. The second kappa shape index (κ2) is 9.69. The van der Waals surface area contributed by atoms with Crippen molar-refractivity contribution in [1.29, 1.82) is 0 Å². The standard InChI is InChI=1S/C26H24F2N2O5/c1-15(30-24(32)22-23(31)20(34-2)12-14-29-22)25(33)35-21-11-13-26(21,16-3-7-18(27)8-4-16)17-5-9-19(28)10-6-17/h3-10,12,14-15,21,31H,11,13H2,1-2H3,(H,30,32)/t15-,21?/m0/s1. The average Bonchev–Trinajstić information content (AvgIpc) is 2.84. The van der Waals surface area contributed by atoms with Crippen molar-refractivity contribution in [3.05, 3.63) is 89.2 Å². The van der Waals surface area contributed by atoms with E-state index >= 15 is 0 Å². The van der Waals surface area contributed by atoms with Crippen LogP contribution in [-0.2, 0) is 14.9 Å². The summed E-state index contributed by atoms with van der Waals surface area (Å²) in [7, 11) is 1.34. The molecule has 1 fully saturated rings. The molecule has 2 N–H and O–H groups in total. The molecule has 0 bridgehead atoms. The molecule has 0 saturated heterocycles. The molecule has 0 aliphatic heterocycles. The zero-order valence-electron chi connectivity index (χ0n) is 19.1. The number of carbonyl (C=O) groups is 2. The van der Waals surface area contributed by atoms with Crippen LogP contribution in [0.2, 0.25) is 0 Å². The van der Waals surface area contributed by atoms with E-state index < -0.39 is 46.8 Å². The quantitative estimate of drug-likeness (QED) is 0.496. The highest BCUT2D eigenvalue weighted by molar-refractivity contribution is 5.97. The third-order valence-electron chi connectivity index (χ3n) is 6.35. The van der Waals surface area contributed by atoms with Crippen molar-refractivity contribution in [3.63, 3.8) is 0 Å². The molecule has 3 aromatic rings. The van der Waals surface area contributed by atoms with E-state index in [1.54, 1.807) is 24.3 Å². The summed E-state index contributed by atoms with van der Waals surface area (Å²) in [5.41, 5.74) is 0.390. The normalized spacial score (nSPS) is 17.1. The van der Waals surface area contributed by atoms with Gasteiger partial charge in [-0.25, -0.2) is 18.6 Å². The van der Waals surface area contributed by atoms with Gasteiger partial charge >= 0.3 is 5.97 Å². The molecule has 7 nitrogen and oxygen atoms in total. The number of pyridine rings is 1. The first-order valence-electron chi connectivity index (χ1n) is 11.0. The van der Waals surface area contributed by atoms with Gasteiger partial charge in [0.25, 0.3) is 5.91 Å². The number of halogens is 2. The molecule has 1 unspecified atom stereocenters. The minimum absolute atomic E-state index is 0.0678. The predicted octanol–water partition coefficient (Wildman–Crippen LogP) is 3.88. The average molecular weight is 482 g/mol. The summed E-state index contributed by atoms with van der Waals surface area (Å²) in [4.78, 5) is 29.3. The molecule has 35 heavy (non-hydrogen) atoms. The lowest BCUT2D eigenvalue weighted by Gasteiger charge is -2.49. The van der Waals surface area contributed by atoms with Gasteiger partial charge in [0.15, 0.2) is 17.2 Å². The Hall–Kier alpha value is -4.01. The lowest BCUT2D eigenvalue weighted by Crippen LogP contribution is -2.53. The zero-order valence-corrected chi connectivity index (χ0v) is 19.1. The van der Waals surface area contributed by atoms with Gasteiger partial charge in [-0.15, -0.1) is 0 Å². The first-order chi connectivity index (χ1) is 16.8. The largest absolute Gasteiger partial charge is 0.503 e. The number of nitrogens with zero attached hydrogens (tertiary/aromatic N) is 1. The van der Waals surface area contributed by atoms with Crippen LogP contribution in [0.15, 0.2) is 60.8 Å². The third kappa shape index (κ3) is 4.53. The van der Waals surface area contributed by atoms with E-state index in [4.69, 9.17) is 9.47 Å². The molecule has 1 amide bonds. The number of benzene rings is 2. The summed E-state index contributed by atoms with van der Waals surface area (Å²) in [5.74, 6) is -2.65. The van der Waals surface area contributed by atoms with Crippen molar-refractivity contribution in [3.8, 4) is 11.5 Å². The number of amides is 1. The van der Waals surface area contributed by atoms with Gasteiger partial charge in [-0.3, -0.25) is 4.79 Å². The Balaban J connectivity index is 1.54. The van der Waals surface area contributed by atoms with Gasteiger partial charge < -0.3 is 19.9 Å². The Labute approximate surface area is 200 Å². The van der Waals surface area contributed by atoms with E-state index in [1.165, 1.54) is 50.6 Å². The Morgan fingerprint density at radius 3 is 2.11 bits per heavy atom. The van der Waals surface area contributed by atoms with E-state index in [9.17, 15) is 23.5 Å². The Morgan fingerprint density at radius 2 is 1.63 bits per heavy atom. The van der Waals surface area contributed by atoms with E-state index in [2.05, 4.69) is 10.3 Å². The minimum Gasteiger partial charge on any atom is -0.503 e. The maximum atomic E-state index is 13.6. The number of nitrogens with one attached hydrogen (secondary N) is 1. The molecule has 1 heterocycles. The van der Waals surface area contributed by atoms with E-state index in [0.29, 0.717) is 12.8 Å². The zero-order chi connectivity index (χ0) is 25.2. The van der Waals surface area contributed by atoms with Crippen LogP contribution in [-0.4, -0.2) is 41.2 Å². The minimum atomic E-state index is -1.06. The summed E-state index contributed by atoms with van der Waals surface area (Å²) in [6.07, 6.45) is 1.81. The van der Waals surface area contributed by atoms with Crippen molar-refractivity contribution in [2.75, 3.05) is 7.11 Å². The van der Waals surface area contributed by atoms with Crippen molar-refractivity contribution >= 4 is 11.9 Å². The molecule has 9 heteroatoms. The Kier molecular flexibility index (Phi) is 6.68. The van der Waals surface area contributed by atoms with Crippen molar-refractivity contribution in [2.45, 2.75) is 37.3 Å². The Bertz CT molecular complexity index is 1190. The number of aromatic nitrogens is 1. The van der Waals surface area contributed by atoms with Gasteiger partial charge in [0, 0.05) is 12.3 Å². The van der Waals surface area contributed by atoms with Crippen molar-refractivity contribution in [1.82, 2.24) is 10.3 Å². The Morgan fingerprint density at radius 1 is 1.06 bits per heavy atom. The van der Waals surface area contributed by atoms with E-state index in [0.717, 1.165) is 11.1 Å². The fourth-order valence-electron chi connectivity index (χ4n) is 4.37. The molecule has 4 rings (SSSR count). The lowest BCUT2D eigenvalue weighted by molar-refractivity contribution is -0.160. The number of ether oxygens (including phenoxy) is 2. The van der Waals surface area contributed by atoms with Gasteiger partial charge in [-0.2, -0.15) is 0 Å².